The minimum Gasteiger partial charge on any atom is -0.388 e. The van der Waals surface area contributed by atoms with Gasteiger partial charge in [0.1, 0.15) is 0 Å². The van der Waals surface area contributed by atoms with E-state index in [1.54, 1.807) is 0 Å². The lowest BCUT2D eigenvalue weighted by molar-refractivity contribution is 0.0187. The molecule has 3 nitrogen and oxygen atoms in total. The van der Waals surface area contributed by atoms with Crippen molar-refractivity contribution in [3.8, 4) is 0 Å². The van der Waals surface area contributed by atoms with E-state index in [2.05, 4.69) is 13.0 Å². The number of aliphatic hydroxyl groups is 1. The number of rotatable bonds is 3. The van der Waals surface area contributed by atoms with Crippen LogP contribution in [0.5, 0.6) is 0 Å². The van der Waals surface area contributed by atoms with Gasteiger partial charge in [0.15, 0.2) is 0 Å². The fraction of sp³-hybridized carbons (Fsp3) is 0.571. The predicted octanol–water partition coefficient (Wildman–Crippen LogP) is 1.70. The lowest BCUT2D eigenvalue weighted by Gasteiger charge is -2.32. The van der Waals surface area contributed by atoms with Crippen molar-refractivity contribution in [2.24, 2.45) is 11.1 Å². The van der Waals surface area contributed by atoms with Crippen LogP contribution in [0.4, 0.5) is 0 Å². The largest absolute Gasteiger partial charge is 0.388 e. The van der Waals surface area contributed by atoms with Crippen LogP contribution in [0.25, 0.3) is 0 Å². The van der Waals surface area contributed by atoms with Gasteiger partial charge in [-0.3, -0.25) is 0 Å². The van der Waals surface area contributed by atoms with E-state index in [1.807, 2.05) is 19.1 Å². The first-order valence-corrected chi connectivity index (χ1v) is 6.12. The van der Waals surface area contributed by atoms with Gasteiger partial charge in [0.05, 0.1) is 12.7 Å². The molecule has 0 saturated carbocycles. The van der Waals surface area contributed by atoms with Gasteiger partial charge in [0, 0.05) is 18.6 Å². The average Bonchev–Trinajstić information content (AvgIpc) is 2.78. The first-order valence-electron chi connectivity index (χ1n) is 6.12. The Kier molecular flexibility index (Phi) is 3.52. The van der Waals surface area contributed by atoms with E-state index in [0.717, 1.165) is 17.5 Å². The van der Waals surface area contributed by atoms with Crippen molar-refractivity contribution < 1.29 is 9.84 Å². The Labute approximate surface area is 103 Å². The van der Waals surface area contributed by atoms with Crippen LogP contribution >= 0.6 is 0 Å². The van der Waals surface area contributed by atoms with Gasteiger partial charge in [-0.05, 0) is 31.4 Å². The van der Waals surface area contributed by atoms with E-state index < -0.39 is 6.10 Å². The Morgan fingerprint density at radius 1 is 1.47 bits per heavy atom. The van der Waals surface area contributed by atoms with Gasteiger partial charge in [0.2, 0.25) is 0 Å². The van der Waals surface area contributed by atoms with Gasteiger partial charge in [-0.15, -0.1) is 0 Å². The molecule has 1 saturated heterocycles. The molecule has 0 amide bonds. The quantitative estimate of drug-likeness (QED) is 0.838. The molecule has 17 heavy (non-hydrogen) atoms. The molecule has 2 rings (SSSR count). The number of aryl methyl sites for hydroxylation is 2. The van der Waals surface area contributed by atoms with Gasteiger partial charge in [-0.1, -0.05) is 23.8 Å². The number of ether oxygens (including phenoxy) is 1. The zero-order chi connectivity index (χ0) is 12.5. The third-order valence-corrected chi connectivity index (χ3v) is 3.84. The number of aliphatic hydroxyl groups excluding tert-OH is 1. The van der Waals surface area contributed by atoms with Crippen LogP contribution in [0.2, 0.25) is 0 Å². The van der Waals surface area contributed by atoms with Crippen LogP contribution in [0, 0.1) is 19.3 Å². The monoisotopic (exact) mass is 235 g/mol. The summed E-state index contributed by atoms with van der Waals surface area (Å²) < 4.78 is 5.42. The normalized spacial score (nSPS) is 26.1. The fourth-order valence-electron chi connectivity index (χ4n) is 2.57. The molecule has 0 radical (unpaired) electrons. The first-order chi connectivity index (χ1) is 8.09. The molecule has 1 aliphatic rings. The summed E-state index contributed by atoms with van der Waals surface area (Å²) in [5.41, 5.74) is 8.85. The Morgan fingerprint density at radius 3 is 2.76 bits per heavy atom. The Hall–Kier alpha value is -0.900. The summed E-state index contributed by atoms with van der Waals surface area (Å²) in [4.78, 5) is 0. The summed E-state index contributed by atoms with van der Waals surface area (Å²) in [6.45, 7) is 5.80. The summed E-state index contributed by atoms with van der Waals surface area (Å²) in [5.74, 6) is 0. The second-order valence-electron chi connectivity index (χ2n) is 5.13. The maximum atomic E-state index is 10.6. The average molecular weight is 235 g/mol. The van der Waals surface area contributed by atoms with Crippen LogP contribution in [0.1, 0.15) is 29.2 Å². The van der Waals surface area contributed by atoms with Crippen molar-refractivity contribution in [1.82, 2.24) is 0 Å². The Bertz CT molecular complexity index is 397. The van der Waals surface area contributed by atoms with Gasteiger partial charge >= 0.3 is 0 Å². The minimum atomic E-state index is -0.532. The minimum absolute atomic E-state index is 0.306. The van der Waals surface area contributed by atoms with Crippen LogP contribution in [0.15, 0.2) is 18.2 Å². The molecule has 1 aromatic rings. The third-order valence-electron chi connectivity index (χ3n) is 3.84. The topological polar surface area (TPSA) is 55.5 Å². The molecule has 3 N–H and O–H groups in total. The van der Waals surface area contributed by atoms with Crippen LogP contribution in [-0.2, 0) is 4.74 Å². The summed E-state index contributed by atoms with van der Waals surface area (Å²) in [5, 5.41) is 10.6. The molecule has 1 fully saturated rings. The summed E-state index contributed by atoms with van der Waals surface area (Å²) in [7, 11) is 0. The van der Waals surface area contributed by atoms with Crippen LogP contribution in [0.3, 0.4) is 0 Å². The molecule has 2 atom stereocenters. The Balaban J connectivity index is 2.32. The summed E-state index contributed by atoms with van der Waals surface area (Å²) in [6, 6.07) is 6.13. The maximum Gasteiger partial charge on any atom is 0.0883 e. The SMILES string of the molecule is Cc1ccc(C(O)C2(CN)CCOC2)c(C)c1. The number of nitrogens with two attached hydrogens (primary N) is 1. The molecule has 0 aliphatic carbocycles. The third kappa shape index (κ3) is 2.23. The van der Waals surface area contributed by atoms with Crippen molar-refractivity contribution in [1.29, 1.82) is 0 Å². The second kappa shape index (κ2) is 4.77. The van der Waals surface area contributed by atoms with Gasteiger partial charge in [-0.2, -0.15) is 0 Å². The van der Waals surface area contributed by atoms with Crippen molar-refractivity contribution in [2.45, 2.75) is 26.4 Å². The van der Waals surface area contributed by atoms with Gasteiger partial charge < -0.3 is 15.6 Å². The van der Waals surface area contributed by atoms with Crippen molar-refractivity contribution >= 4 is 0 Å². The molecule has 94 valence electrons. The zero-order valence-electron chi connectivity index (χ0n) is 10.6. The van der Waals surface area contributed by atoms with Crippen molar-refractivity contribution in [3.63, 3.8) is 0 Å². The van der Waals surface area contributed by atoms with Crippen molar-refractivity contribution in [2.75, 3.05) is 19.8 Å². The van der Waals surface area contributed by atoms with Crippen LogP contribution < -0.4 is 5.73 Å². The predicted molar refractivity (Wildman–Crippen MR) is 67.8 cm³/mol. The summed E-state index contributed by atoms with van der Waals surface area (Å²) in [6.07, 6.45) is 0.299. The highest BCUT2D eigenvalue weighted by molar-refractivity contribution is 5.33. The van der Waals surface area contributed by atoms with E-state index in [9.17, 15) is 5.11 Å². The van der Waals surface area contributed by atoms with E-state index in [0.29, 0.717) is 19.8 Å². The van der Waals surface area contributed by atoms with Crippen molar-refractivity contribution in [3.05, 3.63) is 34.9 Å². The van der Waals surface area contributed by atoms with E-state index in [-0.39, 0.29) is 5.41 Å². The molecule has 1 aromatic carbocycles. The fourth-order valence-corrected chi connectivity index (χ4v) is 2.57. The second-order valence-corrected chi connectivity index (χ2v) is 5.13. The maximum absolute atomic E-state index is 10.6. The molecule has 3 heteroatoms. The molecule has 0 bridgehead atoms. The molecule has 0 aromatic heterocycles. The zero-order valence-corrected chi connectivity index (χ0v) is 10.6. The highest BCUT2D eigenvalue weighted by Gasteiger charge is 2.41. The number of hydrogen-bond donors (Lipinski definition) is 2. The molecule has 2 unspecified atom stereocenters. The number of benzene rings is 1. The van der Waals surface area contributed by atoms with Gasteiger partial charge in [-0.25, -0.2) is 0 Å². The van der Waals surface area contributed by atoms with Crippen LogP contribution in [-0.4, -0.2) is 24.9 Å². The molecule has 1 aliphatic heterocycles. The van der Waals surface area contributed by atoms with E-state index in [4.69, 9.17) is 10.5 Å². The summed E-state index contributed by atoms with van der Waals surface area (Å²) >= 11 is 0. The highest BCUT2D eigenvalue weighted by Crippen LogP contribution is 2.41. The highest BCUT2D eigenvalue weighted by atomic mass is 16.5. The smallest absolute Gasteiger partial charge is 0.0883 e. The Morgan fingerprint density at radius 2 is 2.24 bits per heavy atom. The lowest BCUT2D eigenvalue weighted by Crippen LogP contribution is -2.37. The molecular formula is C14H21NO2. The van der Waals surface area contributed by atoms with E-state index in [1.165, 1.54) is 5.56 Å². The first kappa shape index (κ1) is 12.6. The van der Waals surface area contributed by atoms with Gasteiger partial charge in [0.25, 0.3) is 0 Å². The molecule has 0 spiro atoms. The number of hydrogen-bond acceptors (Lipinski definition) is 3. The van der Waals surface area contributed by atoms with E-state index >= 15 is 0 Å². The molecular weight excluding hydrogens is 214 g/mol. The molecule has 1 heterocycles. The lowest BCUT2D eigenvalue weighted by atomic mass is 9.77. The standard InChI is InChI=1S/C14H21NO2/c1-10-3-4-12(11(2)7-10)13(16)14(8-15)5-6-17-9-14/h3-4,7,13,16H,5-6,8-9,15H2,1-2H3.